The van der Waals surface area contributed by atoms with E-state index < -0.39 is 0 Å². The number of fused-ring (bicyclic) bond motifs is 1. The van der Waals surface area contributed by atoms with Crippen molar-refractivity contribution in [1.82, 2.24) is 4.57 Å². The molecule has 1 aliphatic heterocycles. The van der Waals surface area contributed by atoms with Gasteiger partial charge in [0.1, 0.15) is 0 Å². The van der Waals surface area contributed by atoms with E-state index in [4.69, 9.17) is 9.15 Å². The fourth-order valence-electron chi connectivity index (χ4n) is 2.77. The van der Waals surface area contributed by atoms with Crippen molar-refractivity contribution in [2.75, 3.05) is 6.61 Å². The van der Waals surface area contributed by atoms with Gasteiger partial charge in [-0.2, -0.15) is 0 Å². The minimum absolute atomic E-state index is 0.227. The Morgan fingerprint density at radius 3 is 3.05 bits per heavy atom. The van der Waals surface area contributed by atoms with Crippen LogP contribution in [0.15, 0.2) is 27.4 Å². The van der Waals surface area contributed by atoms with Gasteiger partial charge < -0.3 is 9.15 Å². The number of hydrogen-bond donors (Lipinski definition) is 0. The zero-order valence-electron chi connectivity index (χ0n) is 11.5. The Hall–Kier alpha value is -1.07. The number of halogens is 1. The molecule has 108 valence electrons. The van der Waals surface area contributed by atoms with Gasteiger partial charge in [-0.15, -0.1) is 0 Å². The number of ether oxygens (including phenoxy) is 1. The molecule has 2 unspecified atom stereocenters. The van der Waals surface area contributed by atoms with Crippen LogP contribution in [0.25, 0.3) is 11.1 Å². The minimum Gasteiger partial charge on any atom is -0.408 e. The van der Waals surface area contributed by atoms with Crippen molar-refractivity contribution in [3.8, 4) is 0 Å². The second-order valence-electron chi connectivity index (χ2n) is 5.18. The highest BCUT2D eigenvalue weighted by atomic mass is 79.9. The van der Waals surface area contributed by atoms with Crippen LogP contribution in [0.3, 0.4) is 0 Å². The van der Waals surface area contributed by atoms with Gasteiger partial charge in [-0.1, -0.05) is 22.0 Å². The van der Waals surface area contributed by atoms with E-state index in [0.717, 1.165) is 36.9 Å². The molecular formula is C15H18BrNO3. The van der Waals surface area contributed by atoms with Gasteiger partial charge in [0.25, 0.3) is 0 Å². The normalized spacial score (nSPS) is 20.6. The van der Waals surface area contributed by atoms with E-state index in [1.807, 2.05) is 19.1 Å². The number of aryl methyl sites for hydroxylation is 1. The summed E-state index contributed by atoms with van der Waals surface area (Å²) in [6.45, 7) is 3.44. The third-order valence-electron chi connectivity index (χ3n) is 3.86. The highest BCUT2D eigenvalue weighted by Crippen LogP contribution is 2.33. The van der Waals surface area contributed by atoms with Crippen molar-refractivity contribution in [3.63, 3.8) is 0 Å². The Kier molecular flexibility index (Phi) is 3.98. The van der Waals surface area contributed by atoms with E-state index in [1.54, 1.807) is 4.57 Å². The van der Waals surface area contributed by atoms with Crippen LogP contribution in [0.5, 0.6) is 0 Å². The highest BCUT2D eigenvalue weighted by Gasteiger charge is 2.21. The molecule has 1 fully saturated rings. The molecule has 0 spiro atoms. The second kappa shape index (κ2) is 5.74. The molecule has 1 aliphatic rings. The number of nitrogens with zero attached hydrogens (tertiary/aromatic N) is 1. The van der Waals surface area contributed by atoms with E-state index in [1.165, 1.54) is 0 Å². The summed E-state index contributed by atoms with van der Waals surface area (Å²) in [6.07, 6.45) is 3.57. The molecule has 2 heterocycles. The van der Waals surface area contributed by atoms with Crippen LogP contribution < -0.4 is 5.76 Å². The largest absolute Gasteiger partial charge is 0.419 e. The molecule has 1 aromatic heterocycles. The summed E-state index contributed by atoms with van der Waals surface area (Å²) in [7, 11) is 0. The lowest BCUT2D eigenvalue weighted by Crippen LogP contribution is -2.12. The van der Waals surface area contributed by atoms with Gasteiger partial charge in [0, 0.05) is 18.0 Å². The molecule has 0 amide bonds. The Balaban J connectivity index is 1.86. The number of aromatic nitrogens is 1. The highest BCUT2D eigenvalue weighted by molar-refractivity contribution is 9.09. The zero-order valence-corrected chi connectivity index (χ0v) is 13.1. The standard InChI is InChI=1S/C15H18BrNO3/c1-2-17-13-6-5-10(8-14(13)20-15(17)18)12(16)9-11-4-3-7-19-11/h5-6,8,11-12H,2-4,7,9H2,1H3. The molecule has 3 rings (SSSR count). The minimum atomic E-state index is -0.287. The van der Waals surface area contributed by atoms with Crippen molar-refractivity contribution in [2.24, 2.45) is 0 Å². The predicted octanol–water partition coefficient (Wildman–Crippen LogP) is 3.62. The maximum atomic E-state index is 11.7. The third kappa shape index (κ3) is 2.56. The van der Waals surface area contributed by atoms with Crippen molar-refractivity contribution >= 4 is 27.0 Å². The third-order valence-corrected chi connectivity index (χ3v) is 4.77. The average Bonchev–Trinajstić information content (AvgIpc) is 3.04. The Morgan fingerprint density at radius 2 is 2.35 bits per heavy atom. The number of hydrogen-bond acceptors (Lipinski definition) is 3. The van der Waals surface area contributed by atoms with Gasteiger partial charge in [0.05, 0.1) is 11.6 Å². The van der Waals surface area contributed by atoms with Crippen LogP contribution in [-0.2, 0) is 11.3 Å². The maximum absolute atomic E-state index is 11.7. The summed E-state index contributed by atoms with van der Waals surface area (Å²) in [4.78, 5) is 11.9. The summed E-state index contributed by atoms with van der Waals surface area (Å²) < 4.78 is 12.6. The fraction of sp³-hybridized carbons (Fsp3) is 0.533. The SMILES string of the molecule is CCn1c(=O)oc2cc(C(Br)CC3CCCO3)ccc21. The Morgan fingerprint density at radius 1 is 1.50 bits per heavy atom. The molecule has 1 saturated heterocycles. The van der Waals surface area contributed by atoms with Crippen LogP contribution in [0.4, 0.5) is 0 Å². The Labute approximate surface area is 125 Å². The van der Waals surface area contributed by atoms with Gasteiger partial charge in [-0.3, -0.25) is 4.57 Å². The van der Waals surface area contributed by atoms with E-state index in [-0.39, 0.29) is 10.6 Å². The van der Waals surface area contributed by atoms with E-state index in [9.17, 15) is 4.79 Å². The summed E-state index contributed by atoms with van der Waals surface area (Å²) in [5.41, 5.74) is 2.65. The summed E-state index contributed by atoms with van der Waals surface area (Å²) in [5, 5.41) is 0. The molecule has 2 atom stereocenters. The van der Waals surface area contributed by atoms with Crippen molar-refractivity contribution in [1.29, 1.82) is 0 Å². The summed E-state index contributed by atoms with van der Waals surface area (Å²) in [6, 6.07) is 5.97. The van der Waals surface area contributed by atoms with Crippen LogP contribution in [0.2, 0.25) is 0 Å². The summed E-state index contributed by atoms with van der Waals surface area (Å²) >= 11 is 3.72. The lowest BCUT2D eigenvalue weighted by molar-refractivity contribution is 0.104. The molecule has 0 aliphatic carbocycles. The molecule has 2 aromatic rings. The van der Waals surface area contributed by atoms with Crippen molar-refractivity contribution in [3.05, 3.63) is 34.3 Å². The molecule has 0 radical (unpaired) electrons. The molecule has 5 heteroatoms. The fourth-order valence-corrected chi connectivity index (χ4v) is 3.48. The molecule has 0 bridgehead atoms. The molecule has 4 nitrogen and oxygen atoms in total. The van der Waals surface area contributed by atoms with Gasteiger partial charge in [-0.25, -0.2) is 4.79 Å². The van der Waals surface area contributed by atoms with E-state index in [0.29, 0.717) is 18.2 Å². The monoisotopic (exact) mass is 339 g/mol. The van der Waals surface area contributed by atoms with Gasteiger partial charge in [0.2, 0.25) is 0 Å². The number of oxazole rings is 1. The van der Waals surface area contributed by atoms with Crippen molar-refractivity contribution in [2.45, 2.75) is 43.7 Å². The first kappa shape index (κ1) is 13.9. The van der Waals surface area contributed by atoms with E-state index >= 15 is 0 Å². The van der Waals surface area contributed by atoms with Crippen LogP contribution >= 0.6 is 15.9 Å². The predicted molar refractivity (Wildman–Crippen MR) is 81.4 cm³/mol. The van der Waals surface area contributed by atoms with Gasteiger partial charge in [0.15, 0.2) is 5.58 Å². The molecule has 0 N–H and O–H groups in total. The van der Waals surface area contributed by atoms with E-state index in [2.05, 4.69) is 22.0 Å². The summed E-state index contributed by atoms with van der Waals surface area (Å²) in [5.74, 6) is -0.287. The number of alkyl halides is 1. The average molecular weight is 340 g/mol. The number of benzene rings is 1. The first-order valence-electron chi connectivity index (χ1n) is 7.08. The Bertz CT molecular complexity index is 655. The smallest absolute Gasteiger partial charge is 0.408 e. The van der Waals surface area contributed by atoms with Crippen LogP contribution in [-0.4, -0.2) is 17.3 Å². The topological polar surface area (TPSA) is 44.4 Å². The van der Waals surface area contributed by atoms with Crippen LogP contribution in [0, 0.1) is 0 Å². The molecular weight excluding hydrogens is 322 g/mol. The quantitative estimate of drug-likeness (QED) is 0.799. The first-order chi connectivity index (χ1) is 9.69. The molecule has 20 heavy (non-hydrogen) atoms. The number of rotatable bonds is 4. The van der Waals surface area contributed by atoms with Crippen LogP contribution in [0.1, 0.15) is 36.6 Å². The van der Waals surface area contributed by atoms with Gasteiger partial charge in [-0.05, 0) is 43.9 Å². The molecule has 1 aromatic carbocycles. The second-order valence-corrected chi connectivity index (χ2v) is 6.28. The van der Waals surface area contributed by atoms with Gasteiger partial charge >= 0.3 is 5.76 Å². The zero-order chi connectivity index (χ0) is 14.1. The maximum Gasteiger partial charge on any atom is 0.419 e. The lowest BCUT2D eigenvalue weighted by atomic mass is 10.0. The molecule has 0 saturated carbocycles. The van der Waals surface area contributed by atoms with Crippen molar-refractivity contribution < 1.29 is 9.15 Å². The lowest BCUT2D eigenvalue weighted by Gasteiger charge is -2.15. The first-order valence-corrected chi connectivity index (χ1v) is 7.99.